The first-order valence-electron chi connectivity index (χ1n) is 6.83. The van der Waals surface area contributed by atoms with Crippen LogP contribution in [0.15, 0.2) is 23.1 Å². The lowest BCUT2D eigenvalue weighted by Crippen LogP contribution is -2.41. The molecule has 1 rings (SSSR count). The topological polar surface area (TPSA) is 66.4 Å². The van der Waals surface area contributed by atoms with Gasteiger partial charge in [-0.25, -0.2) is 13.1 Å². The molecule has 0 aliphatic carbocycles. The first-order valence-corrected chi connectivity index (χ1v) is 8.31. The van der Waals surface area contributed by atoms with Gasteiger partial charge in [-0.15, -0.1) is 0 Å². The predicted octanol–water partition coefficient (Wildman–Crippen LogP) is 2.38. The van der Waals surface area contributed by atoms with Gasteiger partial charge in [0.1, 0.15) is 0 Å². The van der Waals surface area contributed by atoms with E-state index in [1.54, 1.807) is 25.1 Å². The molecule has 0 aromatic heterocycles. The minimum atomic E-state index is -3.58. The summed E-state index contributed by atoms with van der Waals surface area (Å²) in [7, 11) is -3.58. The molecule has 0 spiro atoms. The van der Waals surface area contributed by atoms with Gasteiger partial charge in [0, 0.05) is 6.54 Å². The molecule has 20 heavy (non-hydrogen) atoms. The molecule has 0 radical (unpaired) electrons. The fourth-order valence-electron chi connectivity index (χ4n) is 2.17. The van der Waals surface area contributed by atoms with Crippen molar-refractivity contribution in [2.45, 2.75) is 51.5 Å². The lowest BCUT2D eigenvalue weighted by Gasteiger charge is -2.25. The summed E-state index contributed by atoms with van der Waals surface area (Å²) in [5.74, 6) is 0.302. The first kappa shape index (κ1) is 17.1. The van der Waals surface area contributed by atoms with Gasteiger partial charge in [0.2, 0.25) is 10.0 Å². The Morgan fingerprint density at radius 3 is 2.35 bits per heavy atom. The number of sulfonamides is 1. The maximum Gasteiger partial charge on any atom is 0.240 e. The van der Waals surface area contributed by atoms with Crippen LogP contribution in [-0.2, 0) is 10.0 Å². The molecule has 0 aliphatic rings. The third-order valence-electron chi connectivity index (χ3n) is 3.28. The zero-order valence-corrected chi connectivity index (χ0v) is 13.7. The van der Waals surface area contributed by atoms with Gasteiger partial charge in [-0.2, -0.15) is 0 Å². The van der Waals surface area contributed by atoms with Crippen molar-refractivity contribution in [3.05, 3.63) is 29.3 Å². The predicted molar refractivity (Wildman–Crippen MR) is 81.2 cm³/mol. The monoisotopic (exact) mass is 299 g/mol. The molecule has 2 N–H and O–H groups in total. The Labute approximate surface area is 122 Å². The second-order valence-corrected chi connectivity index (χ2v) is 7.93. The summed E-state index contributed by atoms with van der Waals surface area (Å²) in [5.41, 5.74) is 0.943. The molecule has 0 amide bonds. The number of aliphatic hydroxyl groups is 1. The molecular formula is C15H25NO3S. The van der Waals surface area contributed by atoms with Gasteiger partial charge in [-0.1, -0.05) is 19.9 Å². The molecule has 4 nitrogen and oxygen atoms in total. The van der Waals surface area contributed by atoms with Crippen LogP contribution >= 0.6 is 0 Å². The van der Waals surface area contributed by atoms with Crippen LogP contribution < -0.4 is 4.72 Å². The fourth-order valence-corrected chi connectivity index (χ4v) is 3.41. The molecule has 0 aliphatic heterocycles. The van der Waals surface area contributed by atoms with E-state index >= 15 is 0 Å². The van der Waals surface area contributed by atoms with E-state index in [1.165, 1.54) is 0 Å². The molecule has 1 aromatic carbocycles. The van der Waals surface area contributed by atoms with E-state index < -0.39 is 15.6 Å². The van der Waals surface area contributed by atoms with Gasteiger partial charge < -0.3 is 5.11 Å². The van der Waals surface area contributed by atoms with Crippen LogP contribution in [0.1, 0.15) is 38.3 Å². The average Bonchev–Trinajstić information content (AvgIpc) is 2.29. The van der Waals surface area contributed by atoms with Crippen LogP contribution in [0.2, 0.25) is 0 Å². The van der Waals surface area contributed by atoms with Crippen molar-refractivity contribution in [3.63, 3.8) is 0 Å². The minimum absolute atomic E-state index is 0.0143. The van der Waals surface area contributed by atoms with E-state index in [4.69, 9.17) is 0 Å². The van der Waals surface area contributed by atoms with Gasteiger partial charge in [0.25, 0.3) is 0 Å². The molecule has 1 atom stereocenters. The van der Waals surface area contributed by atoms with Gasteiger partial charge in [-0.3, -0.25) is 0 Å². The second kappa shape index (κ2) is 6.24. The molecule has 0 saturated heterocycles. The molecule has 5 heteroatoms. The maximum absolute atomic E-state index is 12.2. The molecule has 0 heterocycles. The zero-order valence-electron chi connectivity index (χ0n) is 12.9. The highest BCUT2D eigenvalue weighted by atomic mass is 32.2. The Morgan fingerprint density at radius 2 is 1.85 bits per heavy atom. The van der Waals surface area contributed by atoms with E-state index in [1.807, 2.05) is 27.7 Å². The number of nitrogens with one attached hydrogen (secondary N) is 1. The smallest absolute Gasteiger partial charge is 0.240 e. The second-order valence-electron chi connectivity index (χ2n) is 6.17. The van der Waals surface area contributed by atoms with E-state index in [0.717, 1.165) is 11.1 Å². The van der Waals surface area contributed by atoms with Crippen LogP contribution in [0.5, 0.6) is 0 Å². The standard InChI is InChI=1S/C15H25NO3S/c1-11(2)9-15(5,17)10-16-20(18,19)14-7-6-12(3)13(4)8-14/h6-8,11,16-17H,9-10H2,1-5H3. The Kier molecular flexibility index (Phi) is 5.35. The van der Waals surface area contributed by atoms with Crippen LogP contribution in [0.4, 0.5) is 0 Å². The Hall–Kier alpha value is -0.910. The van der Waals surface area contributed by atoms with Crippen LogP contribution in [0, 0.1) is 19.8 Å². The third-order valence-corrected chi connectivity index (χ3v) is 4.68. The van der Waals surface area contributed by atoms with Gasteiger partial charge in [-0.05, 0) is 56.4 Å². The van der Waals surface area contributed by atoms with Crippen molar-refractivity contribution in [2.75, 3.05) is 6.54 Å². The normalized spacial score (nSPS) is 15.3. The summed E-state index contributed by atoms with van der Waals surface area (Å²) in [4.78, 5) is 0.237. The van der Waals surface area contributed by atoms with Gasteiger partial charge >= 0.3 is 0 Å². The molecular weight excluding hydrogens is 274 g/mol. The Bertz CT molecular complexity index is 562. The van der Waals surface area contributed by atoms with E-state index in [-0.39, 0.29) is 11.4 Å². The molecule has 114 valence electrons. The highest BCUT2D eigenvalue weighted by Crippen LogP contribution is 2.18. The van der Waals surface area contributed by atoms with E-state index in [9.17, 15) is 13.5 Å². The largest absolute Gasteiger partial charge is 0.389 e. The SMILES string of the molecule is Cc1ccc(S(=O)(=O)NCC(C)(O)CC(C)C)cc1C. The van der Waals surface area contributed by atoms with Crippen molar-refractivity contribution < 1.29 is 13.5 Å². The molecule has 0 saturated carbocycles. The summed E-state index contributed by atoms with van der Waals surface area (Å²) >= 11 is 0. The number of aryl methyl sites for hydroxylation is 2. The summed E-state index contributed by atoms with van der Waals surface area (Å²) in [6, 6.07) is 5.02. The van der Waals surface area contributed by atoms with Crippen LogP contribution in [0.3, 0.4) is 0 Å². The fraction of sp³-hybridized carbons (Fsp3) is 0.600. The third kappa shape index (κ3) is 4.89. The quantitative estimate of drug-likeness (QED) is 0.847. The van der Waals surface area contributed by atoms with Gasteiger partial charge in [0.05, 0.1) is 10.5 Å². The van der Waals surface area contributed by atoms with Crippen molar-refractivity contribution in [1.29, 1.82) is 0 Å². The van der Waals surface area contributed by atoms with Crippen LogP contribution in [-0.4, -0.2) is 25.7 Å². The highest BCUT2D eigenvalue weighted by Gasteiger charge is 2.25. The lowest BCUT2D eigenvalue weighted by molar-refractivity contribution is 0.0437. The minimum Gasteiger partial charge on any atom is -0.389 e. The molecule has 1 aromatic rings. The van der Waals surface area contributed by atoms with Crippen LogP contribution in [0.25, 0.3) is 0 Å². The van der Waals surface area contributed by atoms with Gasteiger partial charge in [0.15, 0.2) is 0 Å². The Balaban J connectivity index is 2.82. The zero-order chi connectivity index (χ0) is 15.6. The lowest BCUT2D eigenvalue weighted by atomic mass is 9.95. The van der Waals surface area contributed by atoms with Crippen molar-refractivity contribution in [3.8, 4) is 0 Å². The van der Waals surface area contributed by atoms with E-state index in [0.29, 0.717) is 12.3 Å². The number of hydrogen-bond acceptors (Lipinski definition) is 3. The summed E-state index contributed by atoms with van der Waals surface area (Å²) in [5, 5.41) is 10.2. The molecule has 0 fully saturated rings. The summed E-state index contributed by atoms with van der Waals surface area (Å²) in [6.45, 7) is 9.46. The maximum atomic E-state index is 12.2. The first-order chi connectivity index (χ1) is 9.03. The molecule has 1 unspecified atom stereocenters. The van der Waals surface area contributed by atoms with Crippen molar-refractivity contribution in [2.24, 2.45) is 5.92 Å². The number of benzene rings is 1. The van der Waals surface area contributed by atoms with Crippen molar-refractivity contribution in [1.82, 2.24) is 4.72 Å². The average molecular weight is 299 g/mol. The Morgan fingerprint density at radius 1 is 1.25 bits per heavy atom. The summed E-state index contributed by atoms with van der Waals surface area (Å²) < 4.78 is 26.9. The molecule has 0 bridgehead atoms. The number of rotatable bonds is 6. The number of hydrogen-bond donors (Lipinski definition) is 2. The summed E-state index contributed by atoms with van der Waals surface area (Å²) in [6.07, 6.45) is 0.544. The van der Waals surface area contributed by atoms with Crippen molar-refractivity contribution >= 4 is 10.0 Å². The van der Waals surface area contributed by atoms with E-state index in [2.05, 4.69) is 4.72 Å². The highest BCUT2D eigenvalue weighted by molar-refractivity contribution is 7.89.